The molecule has 0 aromatic carbocycles. The minimum atomic E-state index is 0. The van der Waals surface area contributed by atoms with Crippen LogP contribution in [0.25, 0.3) is 0 Å². The first-order valence-electron chi connectivity index (χ1n) is 3.71. The molecule has 1 fully saturated rings. The van der Waals surface area contributed by atoms with Gasteiger partial charge < -0.3 is 0 Å². The largest absolute Gasteiger partial charge is 0.244 e. The van der Waals surface area contributed by atoms with Gasteiger partial charge in [0, 0.05) is 47.2 Å². The molecule has 68 valence electrons. The molecule has 3 nitrogen and oxygen atoms in total. The maximum atomic E-state index is 3.07. The predicted molar refractivity (Wildman–Crippen MR) is 37.6 cm³/mol. The normalized spacial score (nSPS) is 19.6. The van der Waals surface area contributed by atoms with E-state index in [1.54, 1.807) is 0 Å². The zero-order chi connectivity index (χ0) is 6.36. The average Bonchev–Trinajstić information content (AvgIpc) is 2.00. The molecule has 5 heteroatoms. The molecule has 1 saturated heterocycles. The number of rotatable bonds is 0. The number of hydrazine groups is 2. The summed E-state index contributed by atoms with van der Waals surface area (Å²) in [6, 6.07) is 0. The van der Waals surface area contributed by atoms with Crippen molar-refractivity contribution in [1.82, 2.24) is 16.4 Å². The summed E-state index contributed by atoms with van der Waals surface area (Å²) in [5, 5.41) is 0. The Hall–Kier alpha value is 0.919. The molecule has 11 heavy (non-hydrogen) atoms. The summed E-state index contributed by atoms with van der Waals surface area (Å²) < 4.78 is 0. The van der Waals surface area contributed by atoms with Crippen LogP contribution in [-0.4, -0.2) is 13.1 Å². The number of nitrogens with one attached hydrogen (secondary N) is 3. The van der Waals surface area contributed by atoms with E-state index in [2.05, 4.69) is 16.4 Å². The summed E-state index contributed by atoms with van der Waals surface area (Å²) in [6.45, 7) is 2.15. The van der Waals surface area contributed by atoms with Crippen LogP contribution < -0.4 is 16.4 Å². The Morgan fingerprint density at radius 3 is 1.55 bits per heavy atom. The smallest absolute Gasteiger partial charge is 0.0113 e. The number of hydrogen-bond acceptors (Lipinski definition) is 3. The Labute approximate surface area is 89.3 Å². The standard InChI is InChI=1S/C6H15N3.2Mn/c1-2-4-6-8-9-7-5-3-1;;/h7-9H,1-6H2;;. The van der Waals surface area contributed by atoms with Crippen LogP contribution in [0.15, 0.2) is 0 Å². The van der Waals surface area contributed by atoms with Crippen molar-refractivity contribution in [2.75, 3.05) is 13.1 Å². The van der Waals surface area contributed by atoms with E-state index < -0.39 is 0 Å². The van der Waals surface area contributed by atoms with Crippen LogP contribution in [0, 0.1) is 0 Å². The third-order valence-electron chi connectivity index (χ3n) is 1.53. The van der Waals surface area contributed by atoms with Gasteiger partial charge >= 0.3 is 0 Å². The molecular formula is C6H15Mn2N3. The molecule has 0 bridgehead atoms. The van der Waals surface area contributed by atoms with Crippen LogP contribution in [0.1, 0.15) is 25.7 Å². The minimum Gasteiger partial charge on any atom is -0.244 e. The summed E-state index contributed by atoms with van der Waals surface area (Å²) in [4.78, 5) is 0. The van der Waals surface area contributed by atoms with Crippen LogP contribution >= 0.6 is 0 Å². The van der Waals surface area contributed by atoms with E-state index in [0.717, 1.165) is 13.1 Å². The predicted octanol–water partition coefficient (Wildman–Crippen LogP) is 0.154. The van der Waals surface area contributed by atoms with E-state index in [1.165, 1.54) is 25.7 Å². The van der Waals surface area contributed by atoms with Gasteiger partial charge in [-0.3, -0.25) is 0 Å². The van der Waals surface area contributed by atoms with Gasteiger partial charge in [0.25, 0.3) is 0 Å². The number of hydrogen-bond donors (Lipinski definition) is 3. The molecule has 1 heterocycles. The first-order chi connectivity index (χ1) is 4.50. The Morgan fingerprint density at radius 1 is 0.636 bits per heavy atom. The van der Waals surface area contributed by atoms with Crippen LogP contribution in [0.4, 0.5) is 0 Å². The van der Waals surface area contributed by atoms with Gasteiger partial charge in [-0.2, -0.15) is 5.53 Å². The average molecular weight is 239 g/mol. The fourth-order valence-corrected chi connectivity index (χ4v) is 0.968. The fourth-order valence-electron chi connectivity index (χ4n) is 0.968. The van der Waals surface area contributed by atoms with Gasteiger partial charge in [0.05, 0.1) is 0 Å². The topological polar surface area (TPSA) is 36.1 Å². The molecule has 0 aromatic rings. The Balaban J connectivity index is 0. The van der Waals surface area contributed by atoms with Crippen molar-refractivity contribution in [2.45, 2.75) is 25.7 Å². The maximum Gasteiger partial charge on any atom is 0.0113 e. The summed E-state index contributed by atoms with van der Waals surface area (Å²) >= 11 is 0. The second kappa shape index (κ2) is 10.9. The van der Waals surface area contributed by atoms with Crippen molar-refractivity contribution in [3.05, 3.63) is 0 Å². The van der Waals surface area contributed by atoms with E-state index >= 15 is 0 Å². The van der Waals surface area contributed by atoms with Gasteiger partial charge in [-0.05, 0) is 12.8 Å². The second-order valence-corrected chi connectivity index (χ2v) is 2.39. The molecule has 1 rings (SSSR count). The first-order valence-corrected chi connectivity index (χ1v) is 3.71. The molecule has 0 atom stereocenters. The summed E-state index contributed by atoms with van der Waals surface area (Å²) in [6.07, 6.45) is 5.29. The second-order valence-electron chi connectivity index (χ2n) is 2.39. The maximum absolute atomic E-state index is 3.07. The summed E-state index contributed by atoms with van der Waals surface area (Å²) in [5.41, 5.74) is 9.06. The Morgan fingerprint density at radius 2 is 1.09 bits per heavy atom. The zero-order valence-electron chi connectivity index (χ0n) is 6.50. The van der Waals surface area contributed by atoms with E-state index in [-0.39, 0.29) is 34.1 Å². The Kier molecular flexibility index (Phi) is 14.3. The molecule has 0 aromatic heterocycles. The minimum absolute atomic E-state index is 0. The van der Waals surface area contributed by atoms with Gasteiger partial charge in [0.2, 0.25) is 0 Å². The van der Waals surface area contributed by atoms with Crippen molar-refractivity contribution in [1.29, 1.82) is 0 Å². The van der Waals surface area contributed by atoms with E-state index in [0.29, 0.717) is 0 Å². The molecule has 1 aliphatic heterocycles. The van der Waals surface area contributed by atoms with E-state index in [9.17, 15) is 0 Å². The molecule has 0 spiro atoms. The van der Waals surface area contributed by atoms with Gasteiger partial charge in [-0.1, -0.05) is 12.8 Å². The third-order valence-corrected chi connectivity index (χ3v) is 1.53. The van der Waals surface area contributed by atoms with Crippen LogP contribution in [0.2, 0.25) is 0 Å². The monoisotopic (exact) mass is 239 g/mol. The summed E-state index contributed by atoms with van der Waals surface area (Å²) in [5.74, 6) is 0. The van der Waals surface area contributed by atoms with Crippen molar-refractivity contribution >= 4 is 0 Å². The fraction of sp³-hybridized carbons (Fsp3) is 1.00. The SMILES string of the molecule is C1CCCNNNCC1.[Mn].[Mn]. The molecular weight excluding hydrogens is 224 g/mol. The molecule has 0 saturated carbocycles. The molecule has 0 amide bonds. The van der Waals surface area contributed by atoms with Crippen molar-refractivity contribution in [3.63, 3.8) is 0 Å². The first kappa shape index (κ1) is 14.4. The molecule has 2 radical (unpaired) electrons. The molecule has 0 unspecified atom stereocenters. The van der Waals surface area contributed by atoms with Crippen molar-refractivity contribution in [3.8, 4) is 0 Å². The Bertz CT molecular complexity index is 44.3. The molecule has 0 aliphatic carbocycles. The van der Waals surface area contributed by atoms with Crippen molar-refractivity contribution < 1.29 is 34.1 Å². The van der Waals surface area contributed by atoms with E-state index in [4.69, 9.17) is 0 Å². The third kappa shape index (κ3) is 8.83. The van der Waals surface area contributed by atoms with Gasteiger partial charge in [-0.15, -0.1) is 0 Å². The van der Waals surface area contributed by atoms with Gasteiger partial charge in [0.1, 0.15) is 0 Å². The van der Waals surface area contributed by atoms with Gasteiger partial charge in [0.15, 0.2) is 0 Å². The van der Waals surface area contributed by atoms with Crippen LogP contribution in [-0.2, 0) is 34.1 Å². The molecule has 1 aliphatic rings. The molecule has 3 N–H and O–H groups in total. The quantitative estimate of drug-likeness (QED) is 0.527. The van der Waals surface area contributed by atoms with Crippen LogP contribution in [0.3, 0.4) is 0 Å². The zero-order valence-corrected chi connectivity index (χ0v) is 8.86. The van der Waals surface area contributed by atoms with E-state index in [1.807, 2.05) is 0 Å². The van der Waals surface area contributed by atoms with Gasteiger partial charge in [-0.25, -0.2) is 10.9 Å². The van der Waals surface area contributed by atoms with Crippen molar-refractivity contribution in [2.24, 2.45) is 0 Å². The summed E-state index contributed by atoms with van der Waals surface area (Å²) in [7, 11) is 0. The van der Waals surface area contributed by atoms with Crippen LogP contribution in [0.5, 0.6) is 0 Å².